The van der Waals surface area contributed by atoms with E-state index >= 15 is 0 Å². The first-order valence-corrected chi connectivity index (χ1v) is 8.04. The number of aromatic carboxylic acids is 1. The number of benzene rings is 1. The minimum atomic E-state index is -4.04. The van der Waals surface area contributed by atoms with Crippen LogP contribution in [0.15, 0.2) is 28.7 Å². The molecule has 1 aromatic heterocycles. The Kier molecular flexibility index (Phi) is 4.07. The van der Waals surface area contributed by atoms with Crippen molar-refractivity contribution in [2.75, 3.05) is 0 Å². The number of thiazole rings is 1. The van der Waals surface area contributed by atoms with Gasteiger partial charge in [0.1, 0.15) is 4.90 Å². The summed E-state index contributed by atoms with van der Waals surface area (Å²) < 4.78 is 38.3. The van der Waals surface area contributed by atoms with E-state index in [2.05, 4.69) is 4.98 Å². The molecule has 1 heterocycles. The molecule has 0 atom stereocenters. The molecule has 0 fully saturated rings. The molecule has 2 rings (SSSR count). The molecule has 0 unspecified atom stereocenters. The smallest absolute Gasteiger partial charge is 0.338 e. The van der Waals surface area contributed by atoms with Gasteiger partial charge in [0.15, 0.2) is 15.7 Å². The van der Waals surface area contributed by atoms with Crippen molar-refractivity contribution >= 4 is 38.7 Å². The Morgan fingerprint density at radius 2 is 2.15 bits per heavy atom. The lowest BCUT2D eigenvalue weighted by atomic mass is 10.2. The molecule has 1 N–H and O–H groups in total. The van der Waals surface area contributed by atoms with Crippen molar-refractivity contribution in [2.45, 2.75) is 10.6 Å². The molecule has 0 spiro atoms. The van der Waals surface area contributed by atoms with Crippen molar-refractivity contribution in [3.8, 4) is 0 Å². The Morgan fingerprint density at radius 3 is 2.70 bits per heavy atom. The molecule has 20 heavy (non-hydrogen) atoms. The van der Waals surface area contributed by atoms with Gasteiger partial charge in [-0.25, -0.2) is 17.6 Å². The summed E-state index contributed by atoms with van der Waals surface area (Å²) >= 11 is 6.75. The number of carbonyl (C=O) groups is 1. The summed E-state index contributed by atoms with van der Waals surface area (Å²) in [4.78, 5) is 14.3. The third-order valence-corrected chi connectivity index (χ3v) is 5.22. The van der Waals surface area contributed by atoms with Gasteiger partial charge >= 0.3 is 5.97 Å². The van der Waals surface area contributed by atoms with Gasteiger partial charge in [0.2, 0.25) is 0 Å². The first-order valence-electron chi connectivity index (χ1n) is 5.13. The number of halogens is 2. The van der Waals surface area contributed by atoms with Crippen LogP contribution in [0.3, 0.4) is 0 Å². The van der Waals surface area contributed by atoms with E-state index in [1.807, 2.05) is 0 Å². The lowest BCUT2D eigenvalue weighted by molar-refractivity contribution is 0.0691. The molecular weight excluding hydrogens is 329 g/mol. The highest BCUT2D eigenvalue weighted by atomic mass is 35.5. The van der Waals surface area contributed by atoms with Gasteiger partial charge in [0, 0.05) is 16.1 Å². The van der Waals surface area contributed by atoms with E-state index in [0.29, 0.717) is 4.88 Å². The molecule has 0 aliphatic rings. The topological polar surface area (TPSA) is 84.3 Å². The quantitative estimate of drug-likeness (QED) is 0.928. The summed E-state index contributed by atoms with van der Waals surface area (Å²) in [6.45, 7) is 0. The SMILES string of the molecule is O=C(O)c1cc(Cl)cc(S(=O)(=O)Cc2cncs2)c1F. The largest absolute Gasteiger partial charge is 0.478 e. The number of carboxylic acids is 1. The predicted octanol–water partition coefficient (Wildman–Crippen LogP) is 2.61. The molecular formula is C11H7ClFNO4S2. The molecule has 0 aliphatic heterocycles. The maximum atomic E-state index is 14.0. The molecule has 0 saturated heterocycles. The molecule has 0 amide bonds. The Morgan fingerprint density at radius 1 is 1.45 bits per heavy atom. The fraction of sp³-hybridized carbons (Fsp3) is 0.0909. The second-order valence-electron chi connectivity index (χ2n) is 3.80. The Hall–Kier alpha value is -1.51. The molecule has 2 aromatic rings. The van der Waals surface area contributed by atoms with E-state index in [9.17, 15) is 17.6 Å². The van der Waals surface area contributed by atoms with Gasteiger partial charge in [-0.2, -0.15) is 0 Å². The molecule has 9 heteroatoms. The monoisotopic (exact) mass is 335 g/mol. The van der Waals surface area contributed by atoms with Crippen LogP contribution in [0.5, 0.6) is 0 Å². The van der Waals surface area contributed by atoms with Crippen LogP contribution < -0.4 is 0 Å². The van der Waals surface area contributed by atoms with Crippen LogP contribution in [0.2, 0.25) is 5.02 Å². The van der Waals surface area contributed by atoms with Crippen molar-refractivity contribution in [2.24, 2.45) is 0 Å². The molecule has 0 radical (unpaired) electrons. The van der Waals surface area contributed by atoms with Crippen molar-refractivity contribution < 1.29 is 22.7 Å². The third kappa shape index (κ3) is 2.97. The Labute approximate surface area is 122 Å². The average Bonchev–Trinajstić information content (AvgIpc) is 2.83. The Balaban J connectivity index is 2.54. The predicted molar refractivity (Wildman–Crippen MR) is 71.4 cm³/mol. The van der Waals surface area contributed by atoms with Crippen LogP contribution in [-0.4, -0.2) is 24.5 Å². The highest BCUT2D eigenvalue weighted by Crippen LogP contribution is 2.27. The lowest BCUT2D eigenvalue weighted by Crippen LogP contribution is -2.11. The van der Waals surface area contributed by atoms with E-state index in [1.165, 1.54) is 11.7 Å². The van der Waals surface area contributed by atoms with Crippen LogP contribution in [-0.2, 0) is 15.6 Å². The zero-order chi connectivity index (χ0) is 14.9. The molecule has 0 bridgehead atoms. The van der Waals surface area contributed by atoms with Gasteiger partial charge in [-0.15, -0.1) is 11.3 Å². The van der Waals surface area contributed by atoms with Gasteiger partial charge in [-0.3, -0.25) is 4.98 Å². The van der Waals surface area contributed by atoms with E-state index in [4.69, 9.17) is 16.7 Å². The summed E-state index contributed by atoms with van der Waals surface area (Å²) in [5.74, 6) is -3.36. The maximum Gasteiger partial charge on any atom is 0.338 e. The van der Waals surface area contributed by atoms with Gasteiger partial charge in [-0.05, 0) is 12.1 Å². The van der Waals surface area contributed by atoms with Gasteiger partial charge in [0.25, 0.3) is 0 Å². The van der Waals surface area contributed by atoms with Crippen molar-refractivity contribution in [1.29, 1.82) is 0 Å². The number of sulfone groups is 1. The van der Waals surface area contributed by atoms with E-state index < -0.39 is 37.8 Å². The molecule has 5 nitrogen and oxygen atoms in total. The summed E-state index contributed by atoms with van der Waals surface area (Å²) in [5, 5.41) is 8.68. The van der Waals surface area contributed by atoms with Crippen molar-refractivity contribution in [3.63, 3.8) is 0 Å². The number of carboxylic acid groups (broad SMARTS) is 1. The third-order valence-electron chi connectivity index (χ3n) is 2.39. The summed E-state index contributed by atoms with van der Waals surface area (Å²) in [5.41, 5.74) is 0.669. The maximum absolute atomic E-state index is 14.0. The normalized spacial score (nSPS) is 11.5. The zero-order valence-electron chi connectivity index (χ0n) is 9.71. The number of aromatic nitrogens is 1. The number of rotatable bonds is 4. The first-order chi connectivity index (χ1) is 9.31. The van der Waals surface area contributed by atoms with E-state index in [0.717, 1.165) is 23.5 Å². The van der Waals surface area contributed by atoms with Crippen LogP contribution in [0.4, 0.5) is 4.39 Å². The van der Waals surface area contributed by atoms with Crippen LogP contribution in [0, 0.1) is 5.82 Å². The number of hydrogen-bond donors (Lipinski definition) is 1. The van der Waals surface area contributed by atoms with Gasteiger partial charge in [-0.1, -0.05) is 11.6 Å². The Bertz CT molecular complexity index is 759. The zero-order valence-corrected chi connectivity index (χ0v) is 12.1. The minimum Gasteiger partial charge on any atom is -0.478 e. The number of hydrogen-bond acceptors (Lipinski definition) is 5. The highest BCUT2D eigenvalue weighted by molar-refractivity contribution is 7.90. The van der Waals surface area contributed by atoms with Crippen molar-refractivity contribution in [3.05, 3.63) is 45.1 Å². The summed E-state index contributed by atoms with van der Waals surface area (Å²) in [7, 11) is -4.04. The van der Waals surface area contributed by atoms with E-state index in [1.54, 1.807) is 0 Å². The summed E-state index contributed by atoms with van der Waals surface area (Å²) in [6, 6.07) is 1.77. The number of nitrogens with zero attached hydrogens (tertiary/aromatic N) is 1. The summed E-state index contributed by atoms with van der Waals surface area (Å²) in [6.07, 6.45) is 1.35. The molecule has 1 aromatic carbocycles. The van der Waals surface area contributed by atoms with Crippen LogP contribution >= 0.6 is 22.9 Å². The second-order valence-corrected chi connectivity index (χ2v) is 7.16. The fourth-order valence-corrected chi connectivity index (χ4v) is 4.22. The van der Waals surface area contributed by atoms with Crippen LogP contribution in [0.1, 0.15) is 15.2 Å². The molecule has 0 aliphatic carbocycles. The van der Waals surface area contributed by atoms with Crippen molar-refractivity contribution in [1.82, 2.24) is 4.98 Å². The van der Waals surface area contributed by atoms with E-state index in [-0.39, 0.29) is 5.02 Å². The highest BCUT2D eigenvalue weighted by Gasteiger charge is 2.25. The fourth-order valence-electron chi connectivity index (χ4n) is 1.52. The van der Waals surface area contributed by atoms with Gasteiger partial charge < -0.3 is 5.11 Å². The van der Waals surface area contributed by atoms with Gasteiger partial charge in [0.05, 0.1) is 16.8 Å². The molecule has 0 saturated carbocycles. The first kappa shape index (κ1) is 14.9. The molecule has 106 valence electrons. The second kappa shape index (κ2) is 5.47. The minimum absolute atomic E-state index is 0.160. The van der Waals surface area contributed by atoms with Crippen LogP contribution in [0.25, 0.3) is 0 Å². The standard InChI is InChI=1S/C11H7ClFNO4S2/c12-6-1-8(11(15)16)10(13)9(2-6)20(17,18)4-7-3-14-5-19-7/h1-3,5H,4H2,(H,15,16). The average molecular weight is 336 g/mol. The lowest BCUT2D eigenvalue weighted by Gasteiger charge is -2.07.